The van der Waals surface area contributed by atoms with Crippen LogP contribution in [0.4, 0.5) is 0 Å². The fraction of sp³-hybridized carbons (Fsp3) is 1.00. The number of rotatable bonds is 20. The van der Waals surface area contributed by atoms with Crippen LogP contribution in [0.2, 0.25) is 6.04 Å². The maximum Gasteiger partial charge on any atom is 0.492 e. The smallest absolute Gasteiger partial charge is 0.390 e. The SMILES string of the molecule is CCCCCCCCCCCC[N+](C)(C)CCCC[N+](C)(C)CCC[Si](O)(O)O. The Labute approximate surface area is 183 Å². The van der Waals surface area contributed by atoms with Gasteiger partial charge in [-0.25, -0.2) is 0 Å². The van der Waals surface area contributed by atoms with Crippen molar-refractivity contribution in [2.45, 2.75) is 96.4 Å². The zero-order valence-corrected chi connectivity index (χ0v) is 21.5. The zero-order valence-electron chi connectivity index (χ0n) is 20.5. The van der Waals surface area contributed by atoms with Crippen molar-refractivity contribution in [3.05, 3.63) is 0 Å². The first-order valence-electron chi connectivity index (χ1n) is 12.3. The maximum atomic E-state index is 9.13. The average molecular weight is 435 g/mol. The zero-order chi connectivity index (χ0) is 22.2. The molecule has 0 rings (SSSR count). The van der Waals surface area contributed by atoms with Gasteiger partial charge in [-0.1, -0.05) is 58.3 Å². The minimum atomic E-state index is -3.86. The minimum absolute atomic E-state index is 0.150. The molecule has 0 saturated carbocycles. The summed E-state index contributed by atoms with van der Waals surface area (Å²) in [5.41, 5.74) is 0. The number of quaternary nitrogens is 2. The molecule has 5 nitrogen and oxygen atoms in total. The quantitative estimate of drug-likeness (QED) is 0.153. The fourth-order valence-electron chi connectivity index (χ4n) is 4.07. The maximum absolute atomic E-state index is 9.13. The number of nitrogens with zero attached hydrogens (tertiary/aromatic N) is 2. The van der Waals surface area contributed by atoms with Gasteiger partial charge >= 0.3 is 8.80 Å². The van der Waals surface area contributed by atoms with Crippen molar-refractivity contribution in [3.8, 4) is 0 Å². The van der Waals surface area contributed by atoms with Crippen LogP contribution < -0.4 is 0 Å². The van der Waals surface area contributed by atoms with E-state index in [0.29, 0.717) is 6.42 Å². The van der Waals surface area contributed by atoms with Gasteiger partial charge in [0.15, 0.2) is 0 Å². The summed E-state index contributed by atoms with van der Waals surface area (Å²) in [7, 11) is 5.25. The van der Waals surface area contributed by atoms with Crippen LogP contribution in [-0.4, -0.2) is 86.5 Å². The Balaban J connectivity index is 3.67. The topological polar surface area (TPSA) is 60.7 Å². The van der Waals surface area contributed by atoms with Crippen LogP contribution in [0.25, 0.3) is 0 Å². The van der Waals surface area contributed by atoms with Crippen molar-refractivity contribution in [2.75, 3.05) is 54.4 Å². The van der Waals surface area contributed by atoms with Crippen LogP contribution in [0.15, 0.2) is 0 Å². The second-order valence-corrected chi connectivity index (χ2v) is 12.6. The van der Waals surface area contributed by atoms with Crippen molar-refractivity contribution in [2.24, 2.45) is 0 Å². The molecule has 0 bridgehead atoms. The van der Waals surface area contributed by atoms with Gasteiger partial charge in [-0.3, -0.25) is 0 Å². The molecule has 0 aliphatic carbocycles. The first-order valence-corrected chi connectivity index (χ1v) is 14.3. The molecule has 29 heavy (non-hydrogen) atoms. The van der Waals surface area contributed by atoms with Crippen LogP contribution in [0.1, 0.15) is 90.4 Å². The van der Waals surface area contributed by atoms with Crippen molar-refractivity contribution in [1.29, 1.82) is 0 Å². The third-order valence-corrected chi connectivity index (χ3v) is 7.19. The van der Waals surface area contributed by atoms with E-state index < -0.39 is 8.80 Å². The Morgan fingerprint density at radius 1 is 0.483 bits per heavy atom. The molecule has 0 fully saturated rings. The Morgan fingerprint density at radius 3 is 1.17 bits per heavy atom. The van der Waals surface area contributed by atoms with E-state index in [2.05, 4.69) is 35.1 Å². The molecule has 0 amide bonds. The average Bonchev–Trinajstić information content (AvgIpc) is 2.59. The van der Waals surface area contributed by atoms with Crippen molar-refractivity contribution in [3.63, 3.8) is 0 Å². The molecule has 0 atom stereocenters. The van der Waals surface area contributed by atoms with Gasteiger partial charge in [0, 0.05) is 25.3 Å². The first-order chi connectivity index (χ1) is 13.5. The molecule has 0 aromatic heterocycles. The van der Waals surface area contributed by atoms with Crippen LogP contribution >= 0.6 is 0 Å². The fourth-order valence-corrected chi connectivity index (χ4v) is 4.71. The van der Waals surface area contributed by atoms with E-state index in [1.807, 2.05) is 0 Å². The van der Waals surface area contributed by atoms with E-state index in [9.17, 15) is 0 Å². The summed E-state index contributed by atoms with van der Waals surface area (Å²) in [4.78, 5) is 27.4. The van der Waals surface area contributed by atoms with Crippen molar-refractivity contribution < 1.29 is 23.4 Å². The molecule has 0 aromatic rings. The lowest BCUT2D eigenvalue weighted by molar-refractivity contribution is -0.897. The Kier molecular flexibility index (Phi) is 15.8. The van der Waals surface area contributed by atoms with E-state index in [0.717, 1.165) is 22.1 Å². The van der Waals surface area contributed by atoms with Crippen LogP contribution in [-0.2, 0) is 0 Å². The lowest BCUT2D eigenvalue weighted by atomic mass is 10.1. The minimum Gasteiger partial charge on any atom is -0.390 e. The van der Waals surface area contributed by atoms with Crippen LogP contribution in [0, 0.1) is 0 Å². The predicted molar refractivity (Wildman–Crippen MR) is 127 cm³/mol. The Bertz CT molecular complexity index is 385. The largest absolute Gasteiger partial charge is 0.492 e. The molecule has 0 spiro atoms. The van der Waals surface area contributed by atoms with Gasteiger partial charge in [-0.05, 0) is 12.8 Å². The van der Waals surface area contributed by atoms with Crippen LogP contribution in [0.3, 0.4) is 0 Å². The van der Waals surface area contributed by atoms with E-state index in [4.69, 9.17) is 14.4 Å². The summed E-state index contributed by atoms with van der Waals surface area (Å²) in [6.07, 6.45) is 17.1. The molecule has 0 radical (unpaired) electrons. The number of unbranched alkanes of at least 4 members (excludes halogenated alkanes) is 10. The third-order valence-electron chi connectivity index (χ3n) is 6.17. The van der Waals surface area contributed by atoms with E-state index in [1.54, 1.807) is 0 Å². The molecule has 176 valence electrons. The van der Waals surface area contributed by atoms with E-state index in [-0.39, 0.29) is 6.04 Å². The lowest BCUT2D eigenvalue weighted by Gasteiger charge is -2.32. The predicted octanol–water partition coefficient (Wildman–Crippen LogP) is 4.15. The molecule has 0 aliphatic rings. The summed E-state index contributed by atoms with van der Waals surface area (Å²) in [6, 6.07) is 0.150. The summed E-state index contributed by atoms with van der Waals surface area (Å²) < 4.78 is 2.01. The van der Waals surface area contributed by atoms with E-state index >= 15 is 0 Å². The highest BCUT2D eigenvalue weighted by Gasteiger charge is 2.27. The molecular weight excluding hydrogens is 380 g/mol. The summed E-state index contributed by atoms with van der Waals surface area (Å²) in [6.45, 7) is 6.78. The highest BCUT2D eigenvalue weighted by atomic mass is 28.4. The molecule has 0 unspecified atom stereocenters. The molecule has 3 N–H and O–H groups in total. The summed E-state index contributed by atoms with van der Waals surface area (Å²) in [5, 5.41) is 0. The number of hydrogen-bond acceptors (Lipinski definition) is 3. The molecule has 0 aliphatic heterocycles. The van der Waals surface area contributed by atoms with E-state index in [1.165, 1.54) is 90.1 Å². The highest BCUT2D eigenvalue weighted by Crippen LogP contribution is 2.13. The first kappa shape index (κ1) is 29.0. The number of hydrogen-bond donors (Lipinski definition) is 3. The Morgan fingerprint density at radius 2 is 0.793 bits per heavy atom. The van der Waals surface area contributed by atoms with Crippen molar-refractivity contribution in [1.82, 2.24) is 0 Å². The van der Waals surface area contributed by atoms with Crippen LogP contribution in [0.5, 0.6) is 0 Å². The third kappa shape index (κ3) is 21.0. The molecule has 6 heteroatoms. The standard InChI is InChI=1S/C23H54N2O3Si/c1-6-7-8-9-10-11-12-13-14-15-19-24(2,3)20-16-17-21-25(4,5)22-18-23-29(26,27)28/h26-28H,6-23H2,1-5H3/q+2. The van der Waals surface area contributed by atoms with Gasteiger partial charge in [0.1, 0.15) is 0 Å². The van der Waals surface area contributed by atoms with Crippen molar-refractivity contribution >= 4 is 8.80 Å². The van der Waals surface area contributed by atoms with Gasteiger partial charge in [-0.15, -0.1) is 0 Å². The molecule has 0 aromatic carbocycles. The van der Waals surface area contributed by atoms with Gasteiger partial charge in [-0.2, -0.15) is 0 Å². The molecular formula is C23H54N2O3Si+2. The monoisotopic (exact) mass is 434 g/mol. The second-order valence-electron chi connectivity index (χ2n) is 10.5. The highest BCUT2D eigenvalue weighted by molar-refractivity contribution is 6.56. The molecule has 0 saturated heterocycles. The van der Waals surface area contributed by atoms with Gasteiger partial charge in [0.05, 0.1) is 54.4 Å². The lowest BCUT2D eigenvalue weighted by Crippen LogP contribution is -2.44. The summed E-state index contributed by atoms with van der Waals surface area (Å²) >= 11 is 0. The second kappa shape index (κ2) is 15.8. The normalized spacial score (nSPS) is 13.2. The van der Waals surface area contributed by atoms with Gasteiger partial charge in [0.2, 0.25) is 0 Å². The van der Waals surface area contributed by atoms with Gasteiger partial charge < -0.3 is 23.4 Å². The Hall–Kier alpha value is 0.0169. The summed E-state index contributed by atoms with van der Waals surface area (Å²) in [5.74, 6) is 0. The molecule has 0 heterocycles. The van der Waals surface area contributed by atoms with Gasteiger partial charge in [0.25, 0.3) is 0 Å².